The third-order valence-electron chi connectivity index (χ3n) is 6.24. The number of aromatic nitrogens is 5. The Kier molecular flexibility index (Phi) is 8.95. The minimum Gasteiger partial charge on any atom is -0.506 e. The van der Waals surface area contributed by atoms with Gasteiger partial charge in [-0.25, -0.2) is 4.68 Å². The van der Waals surface area contributed by atoms with Crippen LogP contribution < -0.4 is 10.9 Å². The van der Waals surface area contributed by atoms with Gasteiger partial charge in [0.15, 0.2) is 5.16 Å². The predicted octanol–water partition coefficient (Wildman–Crippen LogP) is 4.43. The van der Waals surface area contributed by atoms with E-state index < -0.39 is 0 Å². The van der Waals surface area contributed by atoms with E-state index in [9.17, 15) is 14.7 Å². The number of thioether (sulfide) groups is 1. The maximum absolute atomic E-state index is 12.4. The number of anilines is 1. The predicted molar refractivity (Wildman–Crippen MR) is 146 cm³/mol. The average Bonchev–Trinajstić information content (AvgIpc) is 3.24. The number of phenolic OH excluding ortho intramolecular Hbond substituents is 1. The van der Waals surface area contributed by atoms with Gasteiger partial charge < -0.3 is 15.0 Å². The van der Waals surface area contributed by atoms with Gasteiger partial charge in [-0.05, 0) is 31.0 Å². The summed E-state index contributed by atoms with van der Waals surface area (Å²) in [6.45, 7) is 0. The molecule has 0 atom stereocenters. The molecular formula is C27H32N6O3S. The van der Waals surface area contributed by atoms with Gasteiger partial charge in [0.25, 0.3) is 5.56 Å². The third kappa shape index (κ3) is 6.76. The first-order chi connectivity index (χ1) is 17.9. The molecule has 0 aliphatic carbocycles. The SMILES string of the molecule is Cn1c(Cc2nn(C)c(=O)c3ccccc23)nnc1SCCCCCCCC(=O)Nc1ccccc1O. The summed E-state index contributed by atoms with van der Waals surface area (Å²) in [4.78, 5) is 24.4. The molecule has 1 amide bonds. The fourth-order valence-corrected chi connectivity index (χ4v) is 5.08. The summed E-state index contributed by atoms with van der Waals surface area (Å²) in [6.07, 6.45) is 5.98. The van der Waals surface area contributed by atoms with Gasteiger partial charge in [0.2, 0.25) is 5.91 Å². The van der Waals surface area contributed by atoms with E-state index >= 15 is 0 Å². The van der Waals surface area contributed by atoms with Crippen LogP contribution in [0.5, 0.6) is 5.75 Å². The second kappa shape index (κ2) is 12.5. The summed E-state index contributed by atoms with van der Waals surface area (Å²) in [7, 11) is 3.63. The monoisotopic (exact) mass is 520 g/mol. The molecule has 0 bridgehead atoms. The molecule has 0 fully saturated rings. The number of nitrogens with zero attached hydrogens (tertiary/aromatic N) is 5. The maximum atomic E-state index is 12.4. The van der Waals surface area contributed by atoms with E-state index in [1.807, 2.05) is 35.9 Å². The minimum absolute atomic E-state index is 0.0731. The van der Waals surface area contributed by atoms with Crippen LogP contribution in [0.4, 0.5) is 5.69 Å². The Balaban J connectivity index is 1.18. The van der Waals surface area contributed by atoms with Gasteiger partial charge in [0.1, 0.15) is 11.6 Å². The number of amides is 1. The van der Waals surface area contributed by atoms with E-state index in [-0.39, 0.29) is 17.2 Å². The van der Waals surface area contributed by atoms with Crippen molar-refractivity contribution in [3.05, 3.63) is 70.4 Å². The highest BCUT2D eigenvalue weighted by Gasteiger charge is 2.14. The fraction of sp³-hybridized carbons (Fsp3) is 0.370. The Hall–Kier alpha value is -3.66. The van der Waals surface area contributed by atoms with E-state index in [1.165, 1.54) is 4.68 Å². The van der Waals surface area contributed by atoms with Gasteiger partial charge in [-0.2, -0.15) is 5.10 Å². The zero-order chi connectivity index (χ0) is 26.2. The highest BCUT2D eigenvalue weighted by atomic mass is 32.2. The molecule has 0 spiro atoms. The number of hydrogen-bond donors (Lipinski definition) is 2. The van der Waals surface area contributed by atoms with Gasteiger partial charge >= 0.3 is 0 Å². The van der Waals surface area contributed by atoms with Crippen molar-refractivity contribution in [2.24, 2.45) is 14.1 Å². The van der Waals surface area contributed by atoms with E-state index in [0.717, 1.165) is 59.9 Å². The van der Waals surface area contributed by atoms with Crippen molar-refractivity contribution in [3.8, 4) is 5.75 Å². The number of aryl methyl sites for hydroxylation is 1. The Morgan fingerprint density at radius 2 is 1.65 bits per heavy atom. The summed E-state index contributed by atoms with van der Waals surface area (Å²) in [5.74, 6) is 1.76. The van der Waals surface area contributed by atoms with Gasteiger partial charge in [-0.3, -0.25) is 9.59 Å². The molecule has 0 aliphatic heterocycles. The zero-order valence-electron chi connectivity index (χ0n) is 21.2. The number of aromatic hydroxyl groups is 1. The molecule has 4 rings (SSSR count). The number of carbonyl (C=O) groups excluding carboxylic acids is 1. The average molecular weight is 521 g/mol. The summed E-state index contributed by atoms with van der Waals surface area (Å²) in [6, 6.07) is 14.3. The van der Waals surface area contributed by atoms with Crippen molar-refractivity contribution in [1.82, 2.24) is 24.5 Å². The topological polar surface area (TPSA) is 115 Å². The first-order valence-electron chi connectivity index (χ1n) is 12.5. The Morgan fingerprint density at radius 1 is 0.946 bits per heavy atom. The Bertz CT molecular complexity index is 1430. The van der Waals surface area contributed by atoms with Crippen molar-refractivity contribution < 1.29 is 9.90 Å². The molecule has 0 aliphatic rings. The van der Waals surface area contributed by atoms with Crippen molar-refractivity contribution >= 4 is 34.1 Å². The molecule has 0 saturated carbocycles. The first-order valence-corrected chi connectivity index (χ1v) is 13.5. The molecule has 0 radical (unpaired) electrons. The van der Waals surface area contributed by atoms with Gasteiger partial charge in [0.05, 0.1) is 23.2 Å². The lowest BCUT2D eigenvalue weighted by Gasteiger charge is -2.08. The molecule has 9 nitrogen and oxygen atoms in total. The lowest BCUT2D eigenvalue weighted by molar-refractivity contribution is -0.116. The minimum atomic E-state index is -0.107. The molecule has 0 unspecified atom stereocenters. The van der Waals surface area contributed by atoms with Crippen LogP contribution >= 0.6 is 11.8 Å². The lowest BCUT2D eigenvalue weighted by Crippen LogP contribution is -2.21. The molecule has 0 saturated heterocycles. The highest BCUT2D eigenvalue weighted by molar-refractivity contribution is 7.99. The number of benzene rings is 2. The molecule has 2 aromatic heterocycles. The van der Waals surface area contributed by atoms with Crippen LogP contribution in [0.15, 0.2) is 58.5 Å². The van der Waals surface area contributed by atoms with Crippen LogP contribution in [0.25, 0.3) is 10.8 Å². The van der Waals surface area contributed by atoms with Gasteiger partial charge in [-0.15, -0.1) is 10.2 Å². The van der Waals surface area contributed by atoms with E-state index in [4.69, 9.17) is 0 Å². The zero-order valence-corrected chi connectivity index (χ0v) is 22.0. The molecule has 194 valence electrons. The maximum Gasteiger partial charge on any atom is 0.274 e. The van der Waals surface area contributed by atoms with Crippen molar-refractivity contribution in [1.29, 1.82) is 0 Å². The summed E-state index contributed by atoms with van der Waals surface area (Å²) >= 11 is 1.68. The number of hydrogen-bond acceptors (Lipinski definition) is 7. The number of nitrogens with one attached hydrogen (secondary N) is 1. The number of rotatable bonds is 12. The number of carbonyl (C=O) groups is 1. The highest BCUT2D eigenvalue weighted by Crippen LogP contribution is 2.23. The number of fused-ring (bicyclic) bond motifs is 1. The second-order valence-electron chi connectivity index (χ2n) is 8.99. The number of phenols is 1. The van der Waals surface area contributed by atoms with Gasteiger partial charge in [0, 0.05) is 31.7 Å². The molecule has 10 heteroatoms. The summed E-state index contributed by atoms with van der Waals surface area (Å²) in [5, 5.41) is 28.1. The van der Waals surface area contributed by atoms with E-state index in [1.54, 1.807) is 43.1 Å². The standard InChI is InChI=1S/C27H32N6O3S/c1-32-24(18-22-19-12-7-8-13-20(19)26(36)33(2)31-22)29-30-27(32)37-17-11-5-3-4-6-16-25(35)28-21-14-9-10-15-23(21)34/h7-10,12-15,34H,3-6,11,16-18H2,1-2H3,(H,28,35). The quantitative estimate of drug-likeness (QED) is 0.161. The Labute approximate surface area is 219 Å². The molecule has 4 aromatic rings. The molecule has 2 heterocycles. The molecule has 2 N–H and O–H groups in total. The molecular weight excluding hydrogens is 488 g/mol. The van der Waals surface area contributed by atoms with Crippen molar-refractivity contribution in [2.45, 2.75) is 50.1 Å². The fourth-order valence-electron chi connectivity index (χ4n) is 4.15. The van der Waals surface area contributed by atoms with Crippen LogP contribution in [0.1, 0.15) is 50.0 Å². The number of para-hydroxylation sites is 2. The van der Waals surface area contributed by atoms with E-state index in [0.29, 0.717) is 23.9 Å². The van der Waals surface area contributed by atoms with Gasteiger partial charge in [-0.1, -0.05) is 61.4 Å². The van der Waals surface area contributed by atoms with Crippen molar-refractivity contribution in [3.63, 3.8) is 0 Å². The second-order valence-corrected chi connectivity index (χ2v) is 10.0. The molecule has 2 aromatic carbocycles. The van der Waals surface area contributed by atoms with Crippen LogP contribution in [0.2, 0.25) is 0 Å². The third-order valence-corrected chi connectivity index (χ3v) is 7.35. The number of unbranched alkanes of at least 4 members (excludes halogenated alkanes) is 4. The van der Waals surface area contributed by atoms with Crippen LogP contribution in [0, 0.1) is 0 Å². The van der Waals surface area contributed by atoms with E-state index in [2.05, 4.69) is 20.6 Å². The molecule has 37 heavy (non-hydrogen) atoms. The smallest absolute Gasteiger partial charge is 0.274 e. The van der Waals surface area contributed by atoms with Crippen LogP contribution in [-0.2, 0) is 25.3 Å². The van der Waals surface area contributed by atoms with Crippen LogP contribution in [0.3, 0.4) is 0 Å². The largest absolute Gasteiger partial charge is 0.506 e. The first kappa shape index (κ1) is 26.4. The van der Waals surface area contributed by atoms with Crippen LogP contribution in [-0.4, -0.2) is 41.3 Å². The normalized spacial score (nSPS) is 11.2. The Morgan fingerprint density at radius 3 is 2.46 bits per heavy atom. The summed E-state index contributed by atoms with van der Waals surface area (Å²) < 4.78 is 3.37. The lowest BCUT2D eigenvalue weighted by atomic mass is 10.1. The summed E-state index contributed by atoms with van der Waals surface area (Å²) in [5.41, 5.74) is 1.15. The van der Waals surface area contributed by atoms with Crippen molar-refractivity contribution in [2.75, 3.05) is 11.1 Å².